The van der Waals surface area contributed by atoms with Gasteiger partial charge in [-0.3, -0.25) is 14.2 Å². The Balaban J connectivity index is 5.15. The third kappa shape index (κ3) is 10.6. The normalized spacial score (nSPS) is 14.4. The second kappa shape index (κ2) is 11.7. The van der Waals surface area contributed by atoms with Crippen molar-refractivity contribution in [2.24, 2.45) is 11.8 Å². The van der Waals surface area contributed by atoms with E-state index in [2.05, 4.69) is 10.2 Å². The standard InChI is InChI=1S/C17H35N2O5P/c1-8-23-16(20)14(10-12(3)4)18-25(7,22)19-15(11-13(5)6)17(21)24-9-2/h12-15H,8-11H2,1-7H3,(H2,18,19,22)/t14-,15-/m0/s1. The molecule has 148 valence electrons. The number of hydrogen-bond acceptors (Lipinski definition) is 5. The molecular weight excluding hydrogens is 343 g/mol. The van der Waals surface area contributed by atoms with Crippen molar-refractivity contribution < 1.29 is 23.6 Å². The second-order valence-electron chi connectivity index (χ2n) is 7.05. The first kappa shape index (κ1) is 24.1. The highest BCUT2D eigenvalue weighted by Gasteiger charge is 2.32. The summed E-state index contributed by atoms with van der Waals surface area (Å²) in [4.78, 5) is 24.3. The molecule has 0 fully saturated rings. The van der Waals surface area contributed by atoms with E-state index in [1.54, 1.807) is 13.8 Å². The molecule has 0 aromatic rings. The maximum Gasteiger partial charge on any atom is 0.323 e. The Morgan fingerprint density at radius 1 is 0.840 bits per heavy atom. The van der Waals surface area contributed by atoms with Crippen LogP contribution in [-0.2, 0) is 23.6 Å². The molecule has 0 aliphatic rings. The van der Waals surface area contributed by atoms with Gasteiger partial charge in [0.15, 0.2) is 0 Å². The Hall–Kier alpha value is -0.910. The zero-order chi connectivity index (χ0) is 19.6. The van der Waals surface area contributed by atoms with Gasteiger partial charge in [-0.1, -0.05) is 27.7 Å². The Kier molecular flexibility index (Phi) is 11.2. The first-order chi connectivity index (χ1) is 11.5. The lowest BCUT2D eigenvalue weighted by Gasteiger charge is -2.27. The van der Waals surface area contributed by atoms with Crippen molar-refractivity contribution in [1.29, 1.82) is 0 Å². The fourth-order valence-corrected chi connectivity index (χ4v) is 4.15. The van der Waals surface area contributed by atoms with E-state index in [4.69, 9.17) is 9.47 Å². The van der Waals surface area contributed by atoms with Crippen molar-refractivity contribution in [2.45, 2.75) is 66.5 Å². The summed E-state index contributed by atoms with van der Waals surface area (Å²) in [6.45, 7) is 13.4. The second-order valence-corrected chi connectivity index (χ2v) is 9.42. The quantitative estimate of drug-likeness (QED) is 0.398. The predicted octanol–water partition coefficient (Wildman–Crippen LogP) is 2.94. The molecule has 0 aliphatic heterocycles. The van der Waals surface area contributed by atoms with Crippen LogP contribution in [0.2, 0.25) is 0 Å². The van der Waals surface area contributed by atoms with Gasteiger partial charge in [-0.2, -0.15) is 0 Å². The number of carbonyl (C=O) groups is 2. The summed E-state index contributed by atoms with van der Waals surface area (Å²) in [6.07, 6.45) is 0.985. The maximum atomic E-state index is 13.0. The summed E-state index contributed by atoms with van der Waals surface area (Å²) < 4.78 is 23.1. The number of hydrogen-bond donors (Lipinski definition) is 2. The monoisotopic (exact) mass is 378 g/mol. The third-order valence-electron chi connectivity index (χ3n) is 3.36. The van der Waals surface area contributed by atoms with Crippen LogP contribution in [0.1, 0.15) is 54.4 Å². The van der Waals surface area contributed by atoms with Crippen molar-refractivity contribution in [3.8, 4) is 0 Å². The summed E-state index contributed by atoms with van der Waals surface area (Å²) in [5.41, 5.74) is 0. The molecule has 0 aliphatic carbocycles. The van der Waals surface area contributed by atoms with Crippen molar-refractivity contribution >= 4 is 19.4 Å². The highest BCUT2D eigenvalue weighted by molar-refractivity contribution is 7.59. The van der Waals surface area contributed by atoms with Crippen LogP contribution in [0.25, 0.3) is 0 Å². The minimum absolute atomic E-state index is 0.221. The average Bonchev–Trinajstić information content (AvgIpc) is 2.44. The molecular formula is C17H35N2O5P. The third-order valence-corrected chi connectivity index (χ3v) is 4.97. The molecule has 2 atom stereocenters. The molecule has 0 bridgehead atoms. The van der Waals surface area contributed by atoms with Crippen LogP contribution >= 0.6 is 7.44 Å². The smallest absolute Gasteiger partial charge is 0.323 e. The lowest BCUT2D eigenvalue weighted by atomic mass is 10.1. The van der Waals surface area contributed by atoms with Crippen LogP contribution in [0.4, 0.5) is 0 Å². The number of esters is 2. The first-order valence-corrected chi connectivity index (χ1v) is 11.1. The van der Waals surface area contributed by atoms with Gasteiger partial charge in [0.05, 0.1) is 13.2 Å². The van der Waals surface area contributed by atoms with E-state index in [-0.39, 0.29) is 25.0 Å². The van der Waals surface area contributed by atoms with Gasteiger partial charge in [0, 0.05) is 6.66 Å². The summed E-state index contributed by atoms with van der Waals surface area (Å²) in [6, 6.07) is -1.38. The molecule has 0 saturated carbocycles. The van der Waals surface area contributed by atoms with Crippen molar-refractivity contribution in [3.63, 3.8) is 0 Å². The van der Waals surface area contributed by atoms with Crippen LogP contribution in [0.3, 0.4) is 0 Å². The number of rotatable bonds is 12. The summed E-state index contributed by atoms with van der Waals surface area (Å²) in [7, 11) is -3.17. The lowest BCUT2D eigenvalue weighted by molar-refractivity contribution is -0.146. The number of nitrogens with one attached hydrogen (secondary N) is 2. The van der Waals surface area contributed by atoms with E-state index in [1.165, 1.54) is 6.66 Å². The molecule has 2 N–H and O–H groups in total. The topological polar surface area (TPSA) is 93.7 Å². The van der Waals surface area contributed by atoms with E-state index in [0.717, 1.165) is 0 Å². The Labute approximate surface area is 152 Å². The highest BCUT2D eigenvalue weighted by Crippen LogP contribution is 2.34. The van der Waals surface area contributed by atoms with Gasteiger partial charge in [-0.25, -0.2) is 10.2 Å². The number of carbonyl (C=O) groups excluding carboxylic acids is 2. The van der Waals surface area contributed by atoms with E-state index < -0.39 is 31.5 Å². The van der Waals surface area contributed by atoms with E-state index in [9.17, 15) is 14.2 Å². The first-order valence-electron chi connectivity index (χ1n) is 8.98. The lowest BCUT2D eigenvalue weighted by Crippen LogP contribution is -2.44. The van der Waals surface area contributed by atoms with Gasteiger partial charge in [-0.05, 0) is 38.5 Å². The van der Waals surface area contributed by atoms with Crippen LogP contribution < -0.4 is 10.2 Å². The molecule has 0 aromatic heterocycles. The summed E-state index contributed by atoms with van der Waals surface area (Å²) in [5.74, 6) is -0.426. The minimum atomic E-state index is -3.17. The molecule has 0 amide bonds. The van der Waals surface area contributed by atoms with Gasteiger partial charge < -0.3 is 9.47 Å². The van der Waals surface area contributed by atoms with Crippen molar-refractivity contribution in [1.82, 2.24) is 10.2 Å². The number of ether oxygens (including phenoxy) is 2. The zero-order valence-electron chi connectivity index (χ0n) is 16.6. The molecule has 25 heavy (non-hydrogen) atoms. The molecule has 0 unspecified atom stereocenters. The van der Waals surface area contributed by atoms with Gasteiger partial charge >= 0.3 is 11.9 Å². The minimum Gasteiger partial charge on any atom is -0.465 e. The van der Waals surface area contributed by atoms with Crippen LogP contribution in [-0.4, -0.2) is 43.9 Å². The molecule has 0 heterocycles. The Bertz CT molecular complexity index is 430. The Morgan fingerprint density at radius 2 is 1.16 bits per heavy atom. The maximum absolute atomic E-state index is 13.0. The fraction of sp³-hybridized carbons (Fsp3) is 0.882. The van der Waals surface area contributed by atoms with Gasteiger partial charge in [-0.15, -0.1) is 0 Å². The largest absolute Gasteiger partial charge is 0.465 e. The molecule has 0 rings (SSSR count). The van der Waals surface area contributed by atoms with Gasteiger partial charge in [0.1, 0.15) is 12.1 Å². The van der Waals surface area contributed by atoms with Crippen molar-refractivity contribution in [2.75, 3.05) is 19.9 Å². The summed E-state index contributed by atoms with van der Waals surface area (Å²) >= 11 is 0. The molecule has 8 heteroatoms. The molecule has 7 nitrogen and oxygen atoms in total. The summed E-state index contributed by atoms with van der Waals surface area (Å²) in [5, 5.41) is 5.74. The average molecular weight is 378 g/mol. The predicted molar refractivity (Wildman–Crippen MR) is 99.6 cm³/mol. The molecule has 0 radical (unpaired) electrons. The van der Waals surface area contributed by atoms with Crippen molar-refractivity contribution in [3.05, 3.63) is 0 Å². The van der Waals surface area contributed by atoms with E-state index in [0.29, 0.717) is 12.8 Å². The Morgan fingerprint density at radius 3 is 1.40 bits per heavy atom. The van der Waals surface area contributed by atoms with Crippen LogP contribution in [0, 0.1) is 11.8 Å². The van der Waals surface area contributed by atoms with Crippen LogP contribution in [0.5, 0.6) is 0 Å². The van der Waals surface area contributed by atoms with Gasteiger partial charge in [0.2, 0.25) is 7.44 Å². The highest BCUT2D eigenvalue weighted by atomic mass is 31.2. The van der Waals surface area contributed by atoms with E-state index in [1.807, 2.05) is 27.7 Å². The molecule has 0 spiro atoms. The molecule has 0 saturated heterocycles. The SMILES string of the molecule is CCOC(=O)[C@H](CC(C)C)NP(C)(=O)N[C@@H](CC(C)C)C(=O)OCC. The molecule has 0 aromatic carbocycles. The zero-order valence-corrected chi connectivity index (χ0v) is 17.5. The van der Waals surface area contributed by atoms with E-state index >= 15 is 0 Å². The van der Waals surface area contributed by atoms with Crippen LogP contribution in [0.15, 0.2) is 0 Å². The fourth-order valence-electron chi connectivity index (χ4n) is 2.46. The van der Waals surface area contributed by atoms with Gasteiger partial charge in [0.25, 0.3) is 0 Å².